The number of nitrogens with zero attached hydrogens (tertiary/aromatic N) is 2. The van der Waals surface area contributed by atoms with Gasteiger partial charge in [-0.1, -0.05) is 56.2 Å². The van der Waals surface area contributed by atoms with E-state index in [2.05, 4.69) is 17.9 Å². The third-order valence-corrected chi connectivity index (χ3v) is 11.1. The van der Waals surface area contributed by atoms with E-state index >= 15 is 0 Å². The predicted molar refractivity (Wildman–Crippen MR) is 203 cm³/mol. The summed E-state index contributed by atoms with van der Waals surface area (Å²) in [5, 5.41) is 14.5. The second kappa shape index (κ2) is 16.6. The third kappa shape index (κ3) is 9.88. The molecule has 0 unspecified atom stereocenters. The third-order valence-electron chi connectivity index (χ3n) is 10.5. The number of esters is 1. The molecule has 294 valence electrons. The highest BCUT2D eigenvalue weighted by atomic mass is 35.5. The first-order valence-electron chi connectivity index (χ1n) is 17.7. The maximum absolute atomic E-state index is 14.1. The van der Waals surface area contributed by atoms with Crippen LogP contribution in [0.4, 0.5) is 10.5 Å². The topological polar surface area (TPSA) is 156 Å². The van der Waals surface area contributed by atoms with Crippen LogP contribution < -0.4 is 15.0 Å². The van der Waals surface area contributed by atoms with Crippen molar-refractivity contribution in [2.75, 3.05) is 33.2 Å². The molecule has 2 N–H and O–H groups in total. The summed E-state index contributed by atoms with van der Waals surface area (Å²) in [6.07, 6.45) is 1.61. The molecular weight excluding hydrogens is 726 g/mol. The summed E-state index contributed by atoms with van der Waals surface area (Å²) < 4.78 is 28.8. The van der Waals surface area contributed by atoms with E-state index in [4.69, 9.17) is 35.3 Å². The van der Waals surface area contributed by atoms with Crippen LogP contribution >= 0.6 is 24.2 Å². The van der Waals surface area contributed by atoms with E-state index < -0.39 is 65.7 Å². The highest BCUT2D eigenvalue weighted by Crippen LogP contribution is 2.49. The summed E-state index contributed by atoms with van der Waals surface area (Å²) in [6.45, 7) is 10.8. The fourth-order valence-electron chi connectivity index (χ4n) is 6.81. The summed E-state index contributed by atoms with van der Waals surface area (Å²) in [5.74, 6) is -1.58. The van der Waals surface area contributed by atoms with Crippen molar-refractivity contribution >= 4 is 53.8 Å². The lowest BCUT2D eigenvalue weighted by Crippen LogP contribution is -2.63. The van der Waals surface area contributed by atoms with Crippen molar-refractivity contribution in [1.29, 1.82) is 0 Å². The van der Waals surface area contributed by atoms with Crippen molar-refractivity contribution in [3.8, 4) is 5.75 Å². The minimum Gasteiger partial charge on any atom is -0.495 e. The number of carbonyl (C=O) groups is 4. The molecule has 4 bridgehead atoms. The van der Waals surface area contributed by atoms with Gasteiger partial charge >= 0.3 is 12.1 Å². The van der Waals surface area contributed by atoms with Gasteiger partial charge in [0.2, 0.25) is 11.8 Å². The molecule has 1 aromatic carbocycles. The molecule has 15 heteroatoms. The second-order valence-corrected chi connectivity index (χ2v) is 16.8. The number of carbonyl (C=O) groups excluding carboxylic acids is 4. The zero-order valence-corrected chi connectivity index (χ0v) is 33.9. The van der Waals surface area contributed by atoms with Crippen LogP contribution in [0.25, 0.3) is 0 Å². The van der Waals surface area contributed by atoms with Crippen LogP contribution in [0.5, 0.6) is 5.75 Å². The van der Waals surface area contributed by atoms with Gasteiger partial charge < -0.3 is 38.6 Å². The van der Waals surface area contributed by atoms with E-state index in [0.29, 0.717) is 24.3 Å². The number of aliphatic hydroxyl groups is 1. The van der Waals surface area contributed by atoms with E-state index in [1.165, 1.54) is 31.1 Å². The van der Waals surface area contributed by atoms with Gasteiger partial charge in [-0.25, -0.2) is 9.59 Å². The summed E-state index contributed by atoms with van der Waals surface area (Å²) in [4.78, 5) is 56.5. The number of amides is 3. The van der Waals surface area contributed by atoms with Crippen LogP contribution in [-0.4, -0.2) is 109 Å². The summed E-state index contributed by atoms with van der Waals surface area (Å²) in [7, 11) is 6.02. The Bertz CT molecular complexity index is 1630. The number of hydrogen-bond donors (Lipinski definition) is 3. The number of thiol groups is 1. The number of benzene rings is 1. The molecule has 1 aromatic rings. The van der Waals surface area contributed by atoms with Crippen molar-refractivity contribution in [3.05, 3.63) is 46.5 Å². The number of fused-ring (bicyclic) bond motifs is 5. The molecular formula is C38H54ClN3O10S. The molecule has 13 nitrogen and oxygen atoms in total. The van der Waals surface area contributed by atoms with Gasteiger partial charge in [-0.15, -0.1) is 0 Å². The van der Waals surface area contributed by atoms with Crippen LogP contribution in [0, 0.1) is 5.92 Å². The number of methoxy groups -OCH3 is 2. The van der Waals surface area contributed by atoms with Crippen LogP contribution in [0.15, 0.2) is 35.9 Å². The minimum absolute atomic E-state index is 0.0509. The summed E-state index contributed by atoms with van der Waals surface area (Å²) in [5.41, 5.74) is -0.916. The number of alkyl carbamates (subject to hydrolysis) is 1. The lowest BCUT2D eigenvalue weighted by molar-refractivity contribution is -0.162. The molecule has 0 spiro atoms. The van der Waals surface area contributed by atoms with Gasteiger partial charge in [-0.3, -0.25) is 14.9 Å². The quantitative estimate of drug-likeness (QED) is 0.187. The van der Waals surface area contributed by atoms with E-state index in [1.807, 2.05) is 26.8 Å². The number of likely N-dealkylation sites (N-methyl/N-ethyl adjacent to an activating group) is 1. The van der Waals surface area contributed by atoms with E-state index in [0.717, 1.165) is 11.1 Å². The summed E-state index contributed by atoms with van der Waals surface area (Å²) in [6, 6.07) is 2.60. The molecule has 2 fully saturated rings. The van der Waals surface area contributed by atoms with E-state index in [9.17, 15) is 24.3 Å². The Morgan fingerprint density at radius 1 is 1.26 bits per heavy atom. The molecule has 3 aliphatic heterocycles. The predicted octanol–water partition coefficient (Wildman–Crippen LogP) is 5.00. The molecule has 3 amide bonds. The van der Waals surface area contributed by atoms with E-state index in [1.54, 1.807) is 52.1 Å². The average molecular weight is 780 g/mol. The van der Waals surface area contributed by atoms with Gasteiger partial charge in [-0.05, 0) is 51.3 Å². The normalized spacial score (nSPS) is 29.9. The van der Waals surface area contributed by atoms with Crippen molar-refractivity contribution in [1.82, 2.24) is 10.2 Å². The SMILES string of the molecule is COc1cc2cc(c1Cl)N(C)C(=O)C[C@H](OC(=O)[C@H](C)N(C)C(=O)CCC(C)(C)S)[C@]1(C)O[C@H]1[C@H](C)[C@@H]1C[C@@](O)(NC(=O)O1)[C@H](OC)C=CC=C(C)C2. The van der Waals surface area contributed by atoms with Crippen LogP contribution in [0.2, 0.25) is 5.02 Å². The second-order valence-electron chi connectivity index (χ2n) is 15.2. The first-order chi connectivity index (χ1) is 24.6. The maximum atomic E-state index is 14.1. The molecule has 0 saturated carbocycles. The molecule has 8 atom stereocenters. The van der Waals surface area contributed by atoms with Gasteiger partial charge in [-0.2, -0.15) is 12.6 Å². The Labute approximate surface area is 322 Å². The Hall–Kier alpha value is -3.30. The first-order valence-corrected chi connectivity index (χ1v) is 18.5. The van der Waals surface area contributed by atoms with Crippen molar-refractivity contribution < 1.29 is 48.0 Å². The van der Waals surface area contributed by atoms with Gasteiger partial charge in [0, 0.05) is 44.7 Å². The zero-order chi connectivity index (χ0) is 39.6. The number of rotatable bonds is 8. The standard InChI is InChI=1S/C38H54ClN3O10S/c1-21-12-11-13-28(49-10)38(47)20-27(50-35(46)40-38)22(2)33-37(6,52-33)29(51-34(45)23(3)41(7)30(43)14-15-36(4,5)53)19-31(44)42(8)25-17-24(16-21)18-26(48-9)32(25)39/h11-13,17-18,22-23,27-29,33,47,53H,14-16,19-20H2,1-10H3,(H,40,46)/t22-,23+,27+,28-,29+,33+,37+,38+/m1/s1. The largest absolute Gasteiger partial charge is 0.495 e. The molecule has 53 heavy (non-hydrogen) atoms. The number of ether oxygens (including phenoxy) is 5. The van der Waals surface area contributed by atoms with Crippen LogP contribution in [0.3, 0.4) is 0 Å². The van der Waals surface area contributed by atoms with E-state index in [-0.39, 0.29) is 34.9 Å². The lowest BCUT2D eigenvalue weighted by atomic mass is 9.83. The Balaban J connectivity index is 1.74. The Morgan fingerprint density at radius 3 is 2.57 bits per heavy atom. The van der Waals surface area contributed by atoms with Crippen molar-refractivity contribution in [3.63, 3.8) is 0 Å². The first kappa shape index (κ1) is 42.4. The molecule has 0 aliphatic carbocycles. The lowest BCUT2D eigenvalue weighted by Gasteiger charge is -2.42. The molecule has 0 radical (unpaired) electrons. The van der Waals surface area contributed by atoms with Gasteiger partial charge in [0.15, 0.2) is 5.72 Å². The monoisotopic (exact) mass is 779 g/mol. The van der Waals surface area contributed by atoms with Gasteiger partial charge in [0.25, 0.3) is 0 Å². The number of anilines is 1. The van der Waals surface area contributed by atoms with Crippen LogP contribution in [-0.2, 0) is 39.8 Å². The smallest absolute Gasteiger partial charge is 0.409 e. The highest BCUT2D eigenvalue weighted by Gasteiger charge is 2.64. The fourth-order valence-corrected chi connectivity index (χ4v) is 7.23. The van der Waals surface area contributed by atoms with Crippen LogP contribution in [0.1, 0.15) is 72.8 Å². The summed E-state index contributed by atoms with van der Waals surface area (Å²) >= 11 is 11.3. The Kier molecular flexibility index (Phi) is 13.3. The fraction of sp³-hybridized carbons (Fsp3) is 0.632. The van der Waals surface area contributed by atoms with Gasteiger partial charge in [0.05, 0.1) is 25.3 Å². The molecule has 4 rings (SSSR count). The molecule has 2 saturated heterocycles. The molecule has 3 heterocycles. The van der Waals surface area contributed by atoms with Crippen molar-refractivity contribution in [2.45, 2.75) is 120 Å². The number of allylic oxidation sites excluding steroid dienone is 3. The number of nitrogens with one attached hydrogen (secondary N) is 1. The van der Waals surface area contributed by atoms with Gasteiger partial charge in [0.1, 0.15) is 40.7 Å². The minimum atomic E-state index is -1.83. The maximum Gasteiger partial charge on any atom is 0.409 e. The molecule has 3 aliphatic rings. The Morgan fingerprint density at radius 2 is 1.94 bits per heavy atom. The number of epoxide rings is 1. The molecule has 0 aromatic heterocycles. The average Bonchev–Trinajstić information content (AvgIpc) is 3.78. The zero-order valence-electron chi connectivity index (χ0n) is 32.2. The van der Waals surface area contributed by atoms with Crippen molar-refractivity contribution in [2.24, 2.45) is 5.92 Å². The number of hydrogen-bond acceptors (Lipinski definition) is 11. The highest BCUT2D eigenvalue weighted by molar-refractivity contribution is 7.81. The number of halogens is 1.